The minimum Gasteiger partial charge on any atom is -0.391 e. The van der Waals surface area contributed by atoms with Crippen molar-refractivity contribution in [2.45, 2.75) is 12.5 Å². The number of nitrogens with one attached hydrogen (secondary N) is 2. The van der Waals surface area contributed by atoms with Gasteiger partial charge < -0.3 is 20.1 Å². The lowest BCUT2D eigenvalue weighted by Gasteiger charge is -2.09. The van der Waals surface area contributed by atoms with Gasteiger partial charge >= 0.3 is 0 Å². The molecule has 0 aliphatic rings. The maximum atomic E-state index is 12.0. The lowest BCUT2D eigenvalue weighted by atomic mass is 10.2. The number of benzene rings is 1. The van der Waals surface area contributed by atoms with Crippen LogP contribution in [-0.4, -0.2) is 42.4 Å². The Balaban J connectivity index is 1.94. The summed E-state index contributed by atoms with van der Waals surface area (Å²) in [6.07, 6.45) is -0.118. The molecule has 2 rings (SSSR count). The largest absolute Gasteiger partial charge is 0.391 e. The summed E-state index contributed by atoms with van der Waals surface area (Å²) < 4.78 is 4.82. The Kier molecular flexibility index (Phi) is 5.00. The monoisotopic (exact) mass is 296 g/mol. The van der Waals surface area contributed by atoms with Crippen molar-refractivity contribution in [1.82, 2.24) is 10.3 Å². The van der Waals surface area contributed by atoms with Gasteiger partial charge in [0.15, 0.2) is 0 Å². The number of halogens is 1. The Morgan fingerprint density at radius 3 is 3.05 bits per heavy atom. The quantitative estimate of drug-likeness (QED) is 0.763. The zero-order valence-corrected chi connectivity index (χ0v) is 11.9. The van der Waals surface area contributed by atoms with E-state index < -0.39 is 6.10 Å². The van der Waals surface area contributed by atoms with Crippen LogP contribution in [0.25, 0.3) is 10.9 Å². The number of aliphatic hydroxyl groups excluding tert-OH is 1. The highest BCUT2D eigenvalue weighted by Gasteiger charge is 2.10. The van der Waals surface area contributed by atoms with Crippen LogP contribution in [0.1, 0.15) is 16.9 Å². The molecule has 0 fully saturated rings. The van der Waals surface area contributed by atoms with Gasteiger partial charge in [-0.05, 0) is 30.7 Å². The predicted molar refractivity (Wildman–Crippen MR) is 78.1 cm³/mol. The second kappa shape index (κ2) is 6.74. The van der Waals surface area contributed by atoms with Gasteiger partial charge in [0, 0.05) is 29.6 Å². The van der Waals surface area contributed by atoms with E-state index in [0.29, 0.717) is 23.7 Å². The molecule has 1 unspecified atom stereocenters. The maximum Gasteiger partial charge on any atom is 0.267 e. The Hall–Kier alpha value is -1.56. The number of methoxy groups -OCH3 is 1. The van der Waals surface area contributed by atoms with Crippen molar-refractivity contribution >= 4 is 28.4 Å². The van der Waals surface area contributed by atoms with E-state index in [1.807, 2.05) is 6.07 Å². The van der Waals surface area contributed by atoms with Crippen LogP contribution in [0.15, 0.2) is 24.3 Å². The third kappa shape index (κ3) is 3.72. The number of ether oxygens (including phenoxy) is 1. The van der Waals surface area contributed by atoms with Gasteiger partial charge in [0.25, 0.3) is 5.91 Å². The van der Waals surface area contributed by atoms with E-state index in [4.69, 9.17) is 16.3 Å². The molecular formula is C14H17ClN2O3. The number of amides is 1. The summed E-state index contributed by atoms with van der Waals surface area (Å²) in [4.78, 5) is 15.0. The number of H-pyrrole nitrogens is 1. The number of fused-ring (bicyclic) bond motifs is 1. The van der Waals surface area contributed by atoms with E-state index in [-0.39, 0.29) is 12.5 Å². The first-order valence-electron chi connectivity index (χ1n) is 6.33. The van der Waals surface area contributed by atoms with E-state index >= 15 is 0 Å². The van der Waals surface area contributed by atoms with E-state index in [0.717, 1.165) is 10.9 Å². The molecule has 0 radical (unpaired) electrons. The van der Waals surface area contributed by atoms with Crippen molar-refractivity contribution in [2.24, 2.45) is 0 Å². The van der Waals surface area contributed by atoms with Gasteiger partial charge in [-0.15, -0.1) is 0 Å². The van der Waals surface area contributed by atoms with Crippen molar-refractivity contribution in [3.8, 4) is 0 Å². The van der Waals surface area contributed by atoms with E-state index in [1.54, 1.807) is 18.2 Å². The Bertz CT molecular complexity index is 597. The van der Waals surface area contributed by atoms with Gasteiger partial charge in [0.1, 0.15) is 5.69 Å². The van der Waals surface area contributed by atoms with Crippen molar-refractivity contribution in [3.05, 3.63) is 35.0 Å². The van der Waals surface area contributed by atoms with Crippen LogP contribution < -0.4 is 5.32 Å². The Labute approximate surface area is 121 Å². The normalized spacial score (nSPS) is 12.6. The SMILES string of the molecule is COCC(O)CCNC(=O)c1cc2cc(Cl)ccc2[nH]1. The Morgan fingerprint density at radius 1 is 1.50 bits per heavy atom. The second-order valence-electron chi connectivity index (χ2n) is 4.57. The first-order chi connectivity index (χ1) is 9.60. The lowest BCUT2D eigenvalue weighted by Crippen LogP contribution is -2.28. The van der Waals surface area contributed by atoms with Crippen LogP contribution in [0.4, 0.5) is 0 Å². The third-order valence-electron chi connectivity index (χ3n) is 2.95. The van der Waals surface area contributed by atoms with Crippen molar-refractivity contribution in [3.63, 3.8) is 0 Å². The smallest absolute Gasteiger partial charge is 0.267 e. The molecule has 6 heteroatoms. The summed E-state index contributed by atoms with van der Waals surface area (Å²) in [5, 5.41) is 13.7. The number of aliphatic hydroxyl groups is 1. The predicted octanol–water partition coefficient (Wildman–Crippen LogP) is 1.95. The van der Waals surface area contributed by atoms with Gasteiger partial charge in [-0.25, -0.2) is 0 Å². The van der Waals surface area contributed by atoms with Gasteiger partial charge in [-0.3, -0.25) is 4.79 Å². The number of hydrogen-bond donors (Lipinski definition) is 3. The third-order valence-corrected chi connectivity index (χ3v) is 3.18. The second-order valence-corrected chi connectivity index (χ2v) is 5.00. The van der Waals surface area contributed by atoms with Crippen LogP contribution in [0.5, 0.6) is 0 Å². The van der Waals surface area contributed by atoms with Gasteiger partial charge in [0.2, 0.25) is 0 Å². The van der Waals surface area contributed by atoms with E-state index in [1.165, 1.54) is 7.11 Å². The molecule has 0 aliphatic carbocycles. The molecule has 1 aromatic heterocycles. The van der Waals surface area contributed by atoms with Gasteiger partial charge in [-0.2, -0.15) is 0 Å². The summed E-state index contributed by atoms with van der Waals surface area (Å²) in [6.45, 7) is 0.653. The fraction of sp³-hybridized carbons (Fsp3) is 0.357. The number of carbonyl (C=O) groups is 1. The van der Waals surface area contributed by atoms with Crippen LogP contribution in [-0.2, 0) is 4.74 Å². The number of aromatic nitrogens is 1. The molecule has 1 heterocycles. The molecule has 5 nitrogen and oxygen atoms in total. The fourth-order valence-electron chi connectivity index (χ4n) is 1.95. The Morgan fingerprint density at radius 2 is 2.30 bits per heavy atom. The molecule has 0 bridgehead atoms. The minimum atomic E-state index is -0.568. The van der Waals surface area contributed by atoms with Crippen molar-refractivity contribution in [1.29, 1.82) is 0 Å². The molecule has 1 atom stereocenters. The topological polar surface area (TPSA) is 74.3 Å². The number of aromatic amines is 1. The zero-order valence-electron chi connectivity index (χ0n) is 11.1. The van der Waals surface area contributed by atoms with E-state index in [9.17, 15) is 9.90 Å². The average Bonchev–Trinajstić information content (AvgIpc) is 2.82. The standard InChI is InChI=1S/C14H17ClN2O3/c1-20-8-11(18)4-5-16-14(19)13-7-9-6-10(15)2-3-12(9)17-13/h2-3,6-7,11,17-18H,4-5,8H2,1H3,(H,16,19). The number of rotatable bonds is 6. The summed E-state index contributed by atoms with van der Waals surface area (Å²) in [5.41, 5.74) is 1.34. The van der Waals surface area contributed by atoms with Crippen molar-refractivity contribution < 1.29 is 14.6 Å². The fourth-order valence-corrected chi connectivity index (χ4v) is 2.13. The number of hydrogen-bond acceptors (Lipinski definition) is 3. The molecule has 0 spiro atoms. The maximum absolute atomic E-state index is 12.0. The van der Waals surface area contributed by atoms with Crippen LogP contribution >= 0.6 is 11.6 Å². The van der Waals surface area contributed by atoms with Gasteiger partial charge in [-0.1, -0.05) is 11.6 Å². The molecule has 1 amide bonds. The van der Waals surface area contributed by atoms with Crippen LogP contribution in [0.3, 0.4) is 0 Å². The van der Waals surface area contributed by atoms with E-state index in [2.05, 4.69) is 10.3 Å². The molecule has 20 heavy (non-hydrogen) atoms. The molecule has 2 aromatic rings. The first-order valence-corrected chi connectivity index (χ1v) is 6.71. The highest BCUT2D eigenvalue weighted by molar-refractivity contribution is 6.31. The molecule has 3 N–H and O–H groups in total. The molecular weight excluding hydrogens is 280 g/mol. The molecule has 1 aromatic carbocycles. The molecule has 108 valence electrons. The first kappa shape index (κ1) is 14.8. The molecule has 0 aliphatic heterocycles. The highest BCUT2D eigenvalue weighted by atomic mass is 35.5. The van der Waals surface area contributed by atoms with Crippen molar-refractivity contribution in [2.75, 3.05) is 20.3 Å². The summed E-state index contributed by atoms with van der Waals surface area (Å²) in [5.74, 6) is -0.207. The zero-order chi connectivity index (χ0) is 14.5. The highest BCUT2D eigenvalue weighted by Crippen LogP contribution is 2.19. The van der Waals surface area contributed by atoms with Gasteiger partial charge in [0.05, 0.1) is 12.7 Å². The molecule has 0 saturated heterocycles. The summed E-state index contributed by atoms with van der Waals surface area (Å²) in [6, 6.07) is 7.15. The summed E-state index contributed by atoms with van der Waals surface area (Å²) in [7, 11) is 1.53. The molecule has 0 saturated carbocycles. The van der Waals surface area contributed by atoms with Crippen LogP contribution in [0, 0.1) is 0 Å². The summed E-state index contributed by atoms with van der Waals surface area (Å²) >= 11 is 5.90. The average molecular weight is 297 g/mol. The number of carbonyl (C=O) groups excluding carboxylic acids is 1. The minimum absolute atomic E-state index is 0.207. The van der Waals surface area contributed by atoms with Crippen LogP contribution in [0.2, 0.25) is 5.02 Å². The lowest BCUT2D eigenvalue weighted by molar-refractivity contribution is 0.0587.